The van der Waals surface area contributed by atoms with Crippen molar-refractivity contribution in [2.75, 3.05) is 26.1 Å². The Kier molecular flexibility index (Phi) is 7.62. The van der Waals surface area contributed by atoms with Crippen molar-refractivity contribution in [1.29, 1.82) is 0 Å². The molecule has 0 aliphatic rings. The predicted molar refractivity (Wildman–Crippen MR) is 101 cm³/mol. The molecule has 0 saturated heterocycles. The fourth-order valence-electron chi connectivity index (χ4n) is 2.34. The molecule has 1 amide bonds. The zero-order valence-corrected chi connectivity index (χ0v) is 15.7. The Labute approximate surface area is 161 Å². The first-order valence-corrected chi connectivity index (χ1v) is 8.39. The molecule has 2 rings (SSSR count). The van der Waals surface area contributed by atoms with Gasteiger partial charge in [0.25, 0.3) is 0 Å². The maximum atomic E-state index is 12.4. The van der Waals surface area contributed by atoms with Crippen LogP contribution in [-0.4, -0.2) is 33.3 Å². The van der Waals surface area contributed by atoms with E-state index in [9.17, 15) is 13.6 Å². The van der Waals surface area contributed by atoms with Crippen LogP contribution in [0.2, 0.25) is 0 Å². The third-order valence-corrected chi connectivity index (χ3v) is 3.58. The quantitative estimate of drug-likeness (QED) is 0.642. The highest BCUT2D eigenvalue weighted by Crippen LogP contribution is 2.31. The molecule has 0 radical (unpaired) electrons. The van der Waals surface area contributed by atoms with Gasteiger partial charge in [0.2, 0.25) is 5.91 Å². The van der Waals surface area contributed by atoms with E-state index in [1.807, 2.05) is 0 Å². The largest absolute Gasteiger partial charge is 0.497 e. The number of anilines is 1. The van der Waals surface area contributed by atoms with Crippen molar-refractivity contribution in [1.82, 2.24) is 0 Å². The van der Waals surface area contributed by atoms with Crippen LogP contribution in [0.4, 0.5) is 14.5 Å². The van der Waals surface area contributed by atoms with E-state index in [4.69, 9.17) is 14.2 Å². The van der Waals surface area contributed by atoms with E-state index in [0.29, 0.717) is 22.7 Å². The molecule has 0 fully saturated rings. The first-order chi connectivity index (χ1) is 13.5. The lowest BCUT2D eigenvalue weighted by Gasteiger charge is -2.12. The number of amides is 1. The van der Waals surface area contributed by atoms with E-state index in [0.717, 1.165) is 0 Å². The van der Waals surface area contributed by atoms with E-state index in [-0.39, 0.29) is 18.1 Å². The Morgan fingerprint density at radius 1 is 1.07 bits per heavy atom. The van der Waals surface area contributed by atoms with Gasteiger partial charge in [-0.15, -0.1) is 0 Å². The molecular formula is C20H21F2NO5. The average molecular weight is 393 g/mol. The first-order valence-electron chi connectivity index (χ1n) is 8.39. The molecule has 2 aromatic carbocycles. The van der Waals surface area contributed by atoms with Gasteiger partial charge < -0.3 is 24.3 Å². The maximum absolute atomic E-state index is 12.4. The van der Waals surface area contributed by atoms with Gasteiger partial charge in [-0.3, -0.25) is 4.79 Å². The molecule has 0 aliphatic heterocycles. The molecule has 0 saturated carbocycles. The molecule has 1 N–H and O–H groups in total. The Hall–Kier alpha value is -3.29. The summed E-state index contributed by atoms with van der Waals surface area (Å²) < 4.78 is 45.0. The lowest BCUT2D eigenvalue weighted by atomic mass is 10.2. The highest BCUT2D eigenvalue weighted by Gasteiger charge is 2.11. The number of carbonyl (C=O) groups is 1. The SMILES string of the molecule is CCOc1cc(C=CC(=O)Nc2ccc(OC)cc2OC)ccc1OC(F)F. The maximum Gasteiger partial charge on any atom is 0.387 e. The topological polar surface area (TPSA) is 66.0 Å². The van der Waals surface area contributed by atoms with Crippen molar-refractivity contribution in [3.63, 3.8) is 0 Å². The van der Waals surface area contributed by atoms with Gasteiger partial charge in [0.1, 0.15) is 11.5 Å². The van der Waals surface area contributed by atoms with E-state index >= 15 is 0 Å². The molecule has 0 unspecified atom stereocenters. The number of halogens is 2. The minimum atomic E-state index is -2.95. The molecule has 2 aromatic rings. The number of hydrogen-bond acceptors (Lipinski definition) is 5. The van der Waals surface area contributed by atoms with Gasteiger partial charge in [0.05, 0.1) is 26.5 Å². The van der Waals surface area contributed by atoms with E-state index in [1.54, 1.807) is 25.1 Å². The number of ether oxygens (including phenoxy) is 4. The molecule has 6 nitrogen and oxygen atoms in total. The van der Waals surface area contributed by atoms with Gasteiger partial charge in [0.15, 0.2) is 11.5 Å². The second-order valence-electron chi connectivity index (χ2n) is 5.41. The fraction of sp³-hybridized carbons (Fsp3) is 0.250. The van der Waals surface area contributed by atoms with Crippen molar-refractivity contribution in [3.8, 4) is 23.0 Å². The van der Waals surface area contributed by atoms with Gasteiger partial charge in [0, 0.05) is 12.1 Å². The van der Waals surface area contributed by atoms with Crippen LogP contribution < -0.4 is 24.3 Å². The smallest absolute Gasteiger partial charge is 0.387 e. The number of nitrogens with one attached hydrogen (secondary N) is 1. The standard InChI is InChI=1S/C20H21F2NO5/c1-4-27-18-11-13(5-9-16(18)28-20(21)22)6-10-19(24)23-15-8-7-14(25-2)12-17(15)26-3/h5-12,20H,4H2,1-3H3,(H,23,24). The summed E-state index contributed by atoms with van der Waals surface area (Å²) in [7, 11) is 3.02. The normalized spacial score (nSPS) is 10.8. The Bertz CT molecular complexity index is 839. The third kappa shape index (κ3) is 5.87. The van der Waals surface area contributed by atoms with E-state index in [2.05, 4.69) is 10.1 Å². The summed E-state index contributed by atoms with van der Waals surface area (Å²) in [6.45, 7) is -0.944. The van der Waals surface area contributed by atoms with E-state index < -0.39 is 12.5 Å². The van der Waals surface area contributed by atoms with Gasteiger partial charge in [-0.2, -0.15) is 8.78 Å². The molecule has 8 heteroatoms. The highest BCUT2D eigenvalue weighted by molar-refractivity contribution is 6.02. The molecule has 0 bridgehead atoms. The summed E-state index contributed by atoms with van der Waals surface area (Å²) in [5.74, 6) is 0.756. The molecule has 0 heterocycles. The lowest BCUT2D eigenvalue weighted by molar-refractivity contribution is -0.111. The van der Waals surface area contributed by atoms with Crippen LogP contribution in [0.25, 0.3) is 6.08 Å². The molecule has 28 heavy (non-hydrogen) atoms. The number of carbonyl (C=O) groups excluding carboxylic acids is 1. The monoisotopic (exact) mass is 393 g/mol. The van der Waals surface area contributed by atoms with Crippen molar-refractivity contribution in [2.45, 2.75) is 13.5 Å². The summed E-state index contributed by atoms with van der Waals surface area (Å²) in [6.07, 6.45) is 2.84. The predicted octanol–water partition coefficient (Wildman–Crippen LogP) is 4.36. The van der Waals surface area contributed by atoms with Crippen molar-refractivity contribution < 1.29 is 32.5 Å². The number of alkyl halides is 2. The number of benzene rings is 2. The summed E-state index contributed by atoms with van der Waals surface area (Å²) in [5.41, 5.74) is 1.07. The van der Waals surface area contributed by atoms with Crippen LogP contribution in [0.3, 0.4) is 0 Å². The third-order valence-electron chi connectivity index (χ3n) is 3.58. The van der Waals surface area contributed by atoms with Gasteiger partial charge in [-0.05, 0) is 42.8 Å². The van der Waals surface area contributed by atoms with Crippen LogP contribution in [0.15, 0.2) is 42.5 Å². The first kappa shape index (κ1) is 21.0. The molecule has 0 aliphatic carbocycles. The minimum absolute atomic E-state index is 0.0681. The van der Waals surface area contributed by atoms with Gasteiger partial charge >= 0.3 is 6.61 Å². The van der Waals surface area contributed by atoms with Gasteiger partial charge in [-0.1, -0.05) is 6.07 Å². The van der Waals surface area contributed by atoms with Crippen LogP contribution in [-0.2, 0) is 4.79 Å². The molecule has 0 spiro atoms. The fourth-order valence-corrected chi connectivity index (χ4v) is 2.34. The zero-order chi connectivity index (χ0) is 20.5. The summed E-state index contributed by atoms with van der Waals surface area (Å²) >= 11 is 0. The Morgan fingerprint density at radius 3 is 2.50 bits per heavy atom. The Balaban J connectivity index is 2.12. The number of hydrogen-bond donors (Lipinski definition) is 1. The van der Waals surface area contributed by atoms with Crippen LogP contribution in [0.5, 0.6) is 23.0 Å². The van der Waals surface area contributed by atoms with Crippen molar-refractivity contribution in [3.05, 3.63) is 48.0 Å². The molecular weight excluding hydrogens is 372 g/mol. The Morgan fingerprint density at radius 2 is 1.86 bits per heavy atom. The molecule has 0 atom stereocenters. The number of rotatable bonds is 9. The molecule has 0 aromatic heterocycles. The number of methoxy groups -OCH3 is 2. The summed E-state index contributed by atoms with van der Waals surface area (Å²) in [6, 6.07) is 9.42. The van der Waals surface area contributed by atoms with Crippen molar-refractivity contribution in [2.24, 2.45) is 0 Å². The lowest BCUT2D eigenvalue weighted by Crippen LogP contribution is -2.09. The second kappa shape index (κ2) is 10.1. The molecule has 150 valence electrons. The highest BCUT2D eigenvalue weighted by atomic mass is 19.3. The average Bonchev–Trinajstić information content (AvgIpc) is 2.68. The van der Waals surface area contributed by atoms with Gasteiger partial charge in [-0.25, -0.2) is 0 Å². The summed E-state index contributed by atoms with van der Waals surface area (Å²) in [4.78, 5) is 12.2. The second-order valence-corrected chi connectivity index (χ2v) is 5.41. The van der Waals surface area contributed by atoms with Crippen LogP contribution in [0, 0.1) is 0 Å². The zero-order valence-electron chi connectivity index (χ0n) is 15.7. The van der Waals surface area contributed by atoms with E-state index in [1.165, 1.54) is 44.6 Å². The minimum Gasteiger partial charge on any atom is -0.497 e. The van der Waals surface area contributed by atoms with Crippen molar-refractivity contribution >= 4 is 17.7 Å². The van der Waals surface area contributed by atoms with Crippen LogP contribution in [0.1, 0.15) is 12.5 Å². The van der Waals surface area contributed by atoms with Crippen LogP contribution >= 0.6 is 0 Å². The summed E-state index contributed by atoms with van der Waals surface area (Å²) in [5, 5.41) is 2.70.